The largest absolute Gasteiger partial charge is 0.349 e. The minimum atomic E-state index is -0.0520. The smallest absolute Gasteiger partial charge is 0.267 e. The Morgan fingerprint density at radius 1 is 1.21 bits per heavy atom. The number of thiazole rings is 1. The number of nitrogens with zero attached hydrogens (tertiary/aromatic N) is 3. The van der Waals surface area contributed by atoms with Crippen molar-refractivity contribution in [3.63, 3.8) is 0 Å². The molecule has 1 fully saturated rings. The summed E-state index contributed by atoms with van der Waals surface area (Å²) in [6.07, 6.45) is 3.41. The van der Waals surface area contributed by atoms with E-state index in [1.807, 2.05) is 20.8 Å². The number of hydrogen-bond acceptors (Lipinski definition) is 5. The molecule has 128 valence electrons. The summed E-state index contributed by atoms with van der Waals surface area (Å²) in [5, 5.41) is 8.37. The van der Waals surface area contributed by atoms with Gasteiger partial charge in [0, 0.05) is 12.1 Å². The Kier molecular flexibility index (Phi) is 4.80. The zero-order valence-corrected chi connectivity index (χ0v) is 15.0. The van der Waals surface area contributed by atoms with Crippen molar-refractivity contribution in [2.75, 3.05) is 0 Å². The lowest BCUT2D eigenvalue weighted by molar-refractivity contribution is 0.0924. The highest BCUT2D eigenvalue weighted by Crippen LogP contribution is 2.27. The van der Waals surface area contributed by atoms with Crippen LogP contribution in [-0.2, 0) is 0 Å². The van der Waals surface area contributed by atoms with Crippen molar-refractivity contribution in [2.45, 2.75) is 58.5 Å². The van der Waals surface area contributed by atoms with E-state index >= 15 is 0 Å². The summed E-state index contributed by atoms with van der Waals surface area (Å²) in [6.45, 7) is 5.67. The molecule has 0 saturated heterocycles. The van der Waals surface area contributed by atoms with Crippen LogP contribution in [0.5, 0.6) is 0 Å². The predicted octanol–water partition coefficient (Wildman–Crippen LogP) is 2.54. The maximum atomic E-state index is 12.4. The molecule has 2 aromatic heterocycles. The Hall–Kier alpha value is -2.02. The lowest BCUT2D eigenvalue weighted by Gasteiger charge is -2.29. The lowest BCUT2D eigenvalue weighted by Crippen LogP contribution is -2.39. The van der Waals surface area contributed by atoms with Crippen LogP contribution in [0.2, 0.25) is 0 Å². The van der Waals surface area contributed by atoms with Gasteiger partial charge in [0.25, 0.3) is 11.5 Å². The number of nitrogens with one attached hydrogen (secondary N) is 1. The summed E-state index contributed by atoms with van der Waals surface area (Å²) in [7, 11) is 0. The molecule has 0 atom stereocenters. The Morgan fingerprint density at radius 2 is 1.92 bits per heavy atom. The van der Waals surface area contributed by atoms with Crippen LogP contribution in [0.3, 0.4) is 0 Å². The number of hydrogen-bond donors (Lipinski definition) is 1. The van der Waals surface area contributed by atoms with Crippen LogP contribution in [0.15, 0.2) is 16.9 Å². The molecular formula is C17H22N4O2S. The molecule has 1 aliphatic rings. The molecule has 6 nitrogen and oxygen atoms in total. The van der Waals surface area contributed by atoms with Gasteiger partial charge in [0.2, 0.25) is 0 Å². The van der Waals surface area contributed by atoms with Gasteiger partial charge in [-0.05, 0) is 52.5 Å². The van der Waals surface area contributed by atoms with Gasteiger partial charge in [0.15, 0.2) is 0 Å². The third kappa shape index (κ3) is 3.56. The van der Waals surface area contributed by atoms with Gasteiger partial charge in [0.1, 0.15) is 4.88 Å². The Bertz CT molecular complexity index is 803. The highest BCUT2D eigenvalue weighted by molar-refractivity contribution is 7.13. The molecule has 1 amide bonds. The first kappa shape index (κ1) is 16.8. The molecule has 0 aliphatic heterocycles. The molecule has 2 aromatic rings. The monoisotopic (exact) mass is 346 g/mol. The van der Waals surface area contributed by atoms with Crippen LogP contribution in [0.4, 0.5) is 0 Å². The van der Waals surface area contributed by atoms with Crippen LogP contribution in [0, 0.1) is 20.8 Å². The van der Waals surface area contributed by atoms with Crippen molar-refractivity contribution in [3.8, 4) is 0 Å². The number of aryl methyl sites for hydroxylation is 3. The Labute approximate surface area is 144 Å². The molecule has 0 unspecified atom stereocenters. The van der Waals surface area contributed by atoms with Gasteiger partial charge in [-0.25, -0.2) is 9.67 Å². The van der Waals surface area contributed by atoms with Gasteiger partial charge in [0.05, 0.1) is 22.4 Å². The average Bonchev–Trinajstić information content (AvgIpc) is 2.89. The van der Waals surface area contributed by atoms with Gasteiger partial charge in [-0.3, -0.25) is 9.59 Å². The van der Waals surface area contributed by atoms with Gasteiger partial charge in [-0.2, -0.15) is 5.10 Å². The molecule has 1 saturated carbocycles. The van der Waals surface area contributed by atoms with Crippen molar-refractivity contribution in [3.05, 3.63) is 43.8 Å². The van der Waals surface area contributed by atoms with E-state index in [4.69, 9.17) is 0 Å². The SMILES string of the molecule is Cc1ccc(=O)n(C2CCC(NC(=O)c3sc(C)nc3C)CC2)n1. The number of rotatable bonds is 3. The van der Waals surface area contributed by atoms with Crippen molar-refractivity contribution in [2.24, 2.45) is 0 Å². The van der Waals surface area contributed by atoms with Gasteiger partial charge in [-0.1, -0.05) is 0 Å². The first-order chi connectivity index (χ1) is 11.4. The minimum absolute atomic E-state index is 0.0348. The number of carbonyl (C=O) groups is 1. The summed E-state index contributed by atoms with van der Waals surface area (Å²) >= 11 is 1.43. The molecule has 0 aromatic carbocycles. The van der Waals surface area contributed by atoms with E-state index in [0.29, 0.717) is 4.88 Å². The fraction of sp³-hybridized carbons (Fsp3) is 0.529. The highest BCUT2D eigenvalue weighted by atomic mass is 32.1. The third-order valence-corrected chi connectivity index (χ3v) is 5.52. The first-order valence-corrected chi connectivity index (χ1v) is 9.07. The van der Waals surface area contributed by atoms with Gasteiger partial charge < -0.3 is 5.32 Å². The van der Waals surface area contributed by atoms with Crippen molar-refractivity contribution in [1.29, 1.82) is 0 Å². The normalized spacial score (nSPS) is 20.8. The topological polar surface area (TPSA) is 76.9 Å². The fourth-order valence-corrected chi connectivity index (χ4v) is 4.06. The van der Waals surface area contributed by atoms with E-state index in [1.54, 1.807) is 16.8 Å². The molecular weight excluding hydrogens is 324 g/mol. The second-order valence-electron chi connectivity index (χ2n) is 6.38. The van der Waals surface area contributed by atoms with Crippen LogP contribution < -0.4 is 10.9 Å². The second-order valence-corrected chi connectivity index (χ2v) is 7.59. The molecule has 0 spiro atoms. The minimum Gasteiger partial charge on any atom is -0.349 e. The zero-order chi connectivity index (χ0) is 17.3. The van der Waals surface area contributed by atoms with E-state index < -0.39 is 0 Å². The molecule has 3 rings (SSSR count). The molecule has 7 heteroatoms. The maximum absolute atomic E-state index is 12.4. The standard InChI is InChI=1S/C17H22N4O2S/c1-10-4-9-15(22)21(20-10)14-7-5-13(6-8-14)19-17(23)16-11(2)18-12(3)24-16/h4,9,13-14H,5-8H2,1-3H3,(H,19,23). The van der Waals surface area contributed by atoms with Crippen molar-refractivity contribution in [1.82, 2.24) is 20.1 Å². The van der Waals surface area contributed by atoms with Crippen LogP contribution in [0.25, 0.3) is 0 Å². The van der Waals surface area contributed by atoms with E-state index in [1.165, 1.54) is 11.3 Å². The molecule has 2 heterocycles. The number of amides is 1. The summed E-state index contributed by atoms with van der Waals surface area (Å²) < 4.78 is 1.60. The second kappa shape index (κ2) is 6.84. The van der Waals surface area contributed by atoms with Crippen LogP contribution >= 0.6 is 11.3 Å². The molecule has 1 aliphatic carbocycles. The maximum Gasteiger partial charge on any atom is 0.267 e. The van der Waals surface area contributed by atoms with E-state index in [-0.39, 0.29) is 23.6 Å². The third-order valence-electron chi connectivity index (χ3n) is 4.45. The summed E-state index contributed by atoms with van der Waals surface area (Å²) in [4.78, 5) is 29.4. The van der Waals surface area contributed by atoms with Crippen LogP contribution in [0.1, 0.15) is 57.8 Å². The van der Waals surface area contributed by atoms with Gasteiger partial charge >= 0.3 is 0 Å². The van der Waals surface area contributed by atoms with Crippen molar-refractivity contribution < 1.29 is 4.79 Å². The lowest BCUT2D eigenvalue weighted by atomic mass is 9.91. The summed E-state index contributed by atoms with van der Waals surface area (Å²) in [5.41, 5.74) is 1.59. The quantitative estimate of drug-likeness (QED) is 0.926. The summed E-state index contributed by atoms with van der Waals surface area (Å²) in [6, 6.07) is 3.59. The Morgan fingerprint density at radius 3 is 2.54 bits per heavy atom. The van der Waals surface area contributed by atoms with Crippen molar-refractivity contribution >= 4 is 17.2 Å². The predicted molar refractivity (Wildman–Crippen MR) is 93.6 cm³/mol. The van der Waals surface area contributed by atoms with Crippen LogP contribution in [-0.4, -0.2) is 26.7 Å². The highest BCUT2D eigenvalue weighted by Gasteiger charge is 2.26. The molecule has 1 N–H and O–H groups in total. The molecule has 0 bridgehead atoms. The Balaban J connectivity index is 1.61. The number of carbonyl (C=O) groups excluding carboxylic acids is 1. The zero-order valence-electron chi connectivity index (χ0n) is 14.2. The van der Waals surface area contributed by atoms with Gasteiger partial charge in [-0.15, -0.1) is 11.3 Å². The van der Waals surface area contributed by atoms with E-state index in [2.05, 4.69) is 15.4 Å². The fourth-order valence-electron chi connectivity index (χ4n) is 3.24. The summed E-state index contributed by atoms with van der Waals surface area (Å²) in [5.74, 6) is -0.0348. The van der Waals surface area contributed by atoms with E-state index in [9.17, 15) is 9.59 Å². The molecule has 0 radical (unpaired) electrons. The average molecular weight is 346 g/mol. The number of aromatic nitrogens is 3. The molecule has 24 heavy (non-hydrogen) atoms. The van der Waals surface area contributed by atoms with E-state index in [0.717, 1.165) is 42.1 Å². The first-order valence-electron chi connectivity index (χ1n) is 8.25.